The van der Waals surface area contributed by atoms with Crippen LogP contribution in [0.2, 0.25) is 34.8 Å². The molecule has 1 aliphatic heterocycles. The lowest BCUT2D eigenvalue weighted by Crippen LogP contribution is -2.50. The summed E-state index contributed by atoms with van der Waals surface area (Å²) in [4.78, 5) is 31.5. The molecule has 68 heavy (non-hydrogen) atoms. The monoisotopic (exact) mass is 965 g/mol. The summed E-state index contributed by atoms with van der Waals surface area (Å²) in [6, 6.07) is 34.3. The van der Waals surface area contributed by atoms with Crippen LogP contribution in [0.1, 0.15) is 90.8 Å². The first kappa shape index (κ1) is 52.1. The van der Waals surface area contributed by atoms with Crippen LogP contribution in [-0.4, -0.2) is 76.5 Å². The highest BCUT2D eigenvalue weighted by molar-refractivity contribution is 6.78. The second kappa shape index (κ2) is 21.6. The van der Waals surface area contributed by atoms with E-state index in [9.17, 15) is 14.7 Å². The number of hydrogen-bond acceptors (Lipinski definition) is 11. The minimum Gasteiger partial charge on any atom is -0.542 e. The Hall–Kier alpha value is -5.30. The molecule has 15 heteroatoms. The number of aliphatic hydroxyl groups is 1. The van der Waals surface area contributed by atoms with E-state index in [-0.39, 0.29) is 24.1 Å². The molecule has 4 aromatic carbocycles. The van der Waals surface area contributed by atoms with Crippen molar-refractivity contribution >= 4 is 28.5 Å². The Kier molecular flexibility index (Phi) is 16.5. The standard InChI is InChI=1S/C53H71N3O10Si2/c1-35(2)68(36(3)4,37(5)6)65-44-22-18-17-19-38(44)33-62-51(59)55-46-31-32-56(50(58)54-46)49-48(66-67(12,13)52(7,8)9)47(57)45(64-49)34-63-53(39-20-15-14-16-21-39,40-23-27-42(60-10)28-24-40)41-25-29-43(61-11)30-26-41/h14-32,35-37,45,47-49,57H,33-34H2,1-13H3,(H,54,55,58,59)/t45-,47-,48-,49-/m1/s1. The predicted molar refractivity (Wildman–Crippen MR) is 271 cm³/mol. The van der Waals surface area contributed by atoms with E-state index >= 15 is 0 Å². The molecular formula is C53H71N3O10Si2. The van der Waals surface area contributed by atoms with Crippen LogP contribution < -0.4 is 24.9 Å². The summed E-state index contributed by atoms with van der Waals surface area (Å²) in [6.45, 7) is 23.6. The van der Waals surface area contributed by atoms with Gasteiger partial charge in [0.15, 0.2) is 14.5 Å². The van der Waals surface area contributed by atoms with E-state index < -0.39 is 58.6 Å². The summed E-state index contributed by atoms with van der Waals surface area (Å²) in [5.41, 5.74) is 2.32. The Morgan fingerprint density at radius 1 is 0.779 bits per heavy atom. The van der Waals surface area contributed by atoms with Crippen LogP contribution in [0.5, 0.6) is 17.2 Å². The second-order valence-corrected chi connectivity index (χ2v) is 30.1. The zero-order valence-corrected chi connectivity index (χ0v) is 43.9. The zero-order chi connectivity index (χ0) is 49.6. The van der Waals surface area contributed by atoms with Gasteiger partial charge in [0.1, 0.15) is 53.6 Å². The van der Waals surface area contributed by atoms with E-state index in [1.807, 2.05) is 103 Å². The minimum absolute atomic E-state index is 0.0152. The fraction of sp³-hybridized carbons (Fsp3) is 0.453. The average molecular weight is 966 g/mol. The molecule has 1 aromatic heterocycles. The fourth-order valence-electron chi connectivity index (χ4n) is 9.23. The van der Waals surface area contributed by atoms with Crippen LogP contribution in [0.4, 0.5) is 10.6 Å². The number of aromatic nitrogens is 2. The van der Waals surface area contributed by atoms with Gasteiger partial charge < -0.3 is 37.6 Å². The molecular weight excluding hydrogens is 895 g/mol. The van der Waals surface area contributed by atoms with Gasteiger partial charge in [0.2, 0.25) is 0 Å². The lowest BCUT2D eigenvalue weighted by molar-refractivity contribution is -0.0956. The van der Waals surface area contributed by atoms with Gasteiger partial charge in [0.05, 0.1) is 20.8 Å². The number of aliphatic hydroxyl groups excluding tert-OH is 1. The van der Waals surface area contributed by atoms with E-state index in [0.29, 0.717) is 33.9 Å². The lowest BCUT2D eigenvalue weighted by Gasteiger charge is -2.42. The highest BCUT2D eigenvalue weighted by atomic mass is 28.4. The van der Waals surface area contributed by atoms with Gasteiger partial charge in [-0.05, 0) is 87.8 Å². The molecule has 4 atom stereocenters. The summed E-state index contributed by atoms with van der Waals surface area (Å²) in [6.07, 6.45) is -3.58. The SMILES string of the molecule is COc1ccc(C(OC[C@H]2O[C@@H](n3ccc(NC(=O)OCc4ccccc4O[Si](C(C)C)(C(C)C)C(C)C)nc3=O)[C@H](O[Si](C)(C)C(C)(C)C)[C@@H]2O)(c2ccccc2)c2ccc(OC)cc2)cc1. The number of rotatable bonds is 19. The molecule has 0 bridgehead atoms. The highest BCUT2D eigenvalue weighted by Gasteiger charge is 2.52. The number of nitrogens with zero attached hydrogens (tertiary/aromatic N) is 2. The molecule has 1 aliphatic rings. The third kappa shape index (κ3) is 10.9. The van der Waals surface area contributed by atoms with Gasteiger partial charge in [-0.1, -0.05) is 135 Å². The minimum atomic E-state index is -2.59. The number of para-hydroxylation sites is 1. The van der Waals surface area contributed by atoms with Gasteiger partial charge in [0.25, 0.3) is 8.32 Å². The fourth-order valence-corrected chi connectivity index (χ4v) is 15.8. The van der Waals surface area contributed by atoms with Crippen LogP contribution >= 0.6 is 0 Å². The zero-order valence-electron chi connectivity index (χ0n) is 41.9. The van der Waals surface area contributed by atoms with Crippen molar-refractivity contribution in [2.24, 2.45) is 0 Å². The Bertz CT molecular complexity index is 2420. The predicted octanol–water partition coefficient (Wildman–Crippen LogP) is 11.2. The Morgan fingerprint density at radius 3 is 1.82 bits per heavy atom. The molecule has 13 nitrogen and oxygen atoms in total. The van der Waals surface area contributed by atoms with Gasteiger partial charge in [-0.15, -0.1) is 0 Å². The maximum atomic E-state index is 14.0. The first-order chi connectivity index (χ1) is 32.2. The first-order valence-corrected chi connectivity index (χ1v) is 28.5. The molecule has 1 saturated heterocycles. The number of ether oxygens (including phenoxy) is 5. The number of methoxy groups -OCH3 is 2. The van der Waals surface area contributed by atoms with Crippen molar-refractivity contribution in [3.63, 3.8) is 0 Å². The highest BCUT2D eigenvalue weighted by Crippen LogP contribution is 2.46. The second-order valence-electron chi connectivity index (χ2n) is 19.9. The molecule has 6 rings (SSSR count). The van der Waals surface area contributed by atoms with Crippen LogP contribution in [0.15, 0.2) is 120 Å². The molecule has 0 aliphatic carbocycles. The molecule has 0 unspecified atom stereocenters. The van der Waals surface area contributed by atoms with Crippen molar-refractivity contribution in [3.05, 3.63) is 148 Å². The van der Waals surface area contributed by atoms with E-state index in [1.54, 1.807) is 14.2 Å². The molecule has 2 N–H and O–H groups in total. The Labute approximate surface area is 404 Å². The number of amides is 1. The van der Waals surface area contributed by atoms with Gasteiger partial charge in [0, 0.05) is 11.8 Å². The Morgan fingerprint density at radius 2 is 1.31 bits per heavy atom. The van der Waals surface area contributed by atoms with Gasteiger partial charge in [-0.2, -0.15) is 4.98 Å². The Balaban J connectivity index is 1.27. The van der Waals surface area contributed by atoms with Crippen molar-refractivity contribution in [2.75, 3.05) is 26.1 Å². The number of hydrogen-bond donors (Lipinski definition) is 2. The van der Waals surface area contributed by atoms with Crippen molar-refractivity contribution in [3.8, 4) is 17.2 Å². The van der Waals surface area contributed by atoms with E-state index in [4.69, 9.17) is 32.5 Å². The summed E-state index contributed by atoms with van der Waals surface area (Å²) < 4.78 is 45.7. The normalized spacial score (nSPS) is 18.0. The number of anilines is 1. The molecule has 5 aromatic rings. The van der Waals surface area contributed by atoms with E-state index in [0.717, 1.165) is 22.3 Å². The van der Waals surface area contributed by atoms with Crippen LogP contribution in [0.25, 0.3) is 0 Å². The maximum Gasteiger partial charge on any atom is 0.413 e. The molecule has 0 spiro atoms. The maximum absolute atomic E-state index is 14.0. The molecule has 1 fully saturated rings. The molecule has 0 saturated carbocycles. The van der Waals surface area contributed by atoms with Crippen LogP contribution in [0, 0.1) is 0 Å². The number of benzene rings is 4. The summed E-state index contributed by atoms with van der Waals surface area (Å²) in [5, 5.41) is 14.6. The van der Waals surface area contributed by atoms with Crippen molar-refractivity contribution < 1.29 is 42.4 Å². The largest absolute Gasteiger partial charge is 0.542 e. The van der Waals surface area contributed by atoms with Crippen molar-refractivity contribution in [1.82, 2.24) is 9.55 Å². The van der Waals surface area contributed by atoms with E-state index in [1.165, 1.54) is 16.8 Å². The molecule has 1 amide bonds. The summed E-state index contributed by atoms with van der Waals surface area (Å²) >= 11 is 0. The van der Waals surface area contributed by atoms with E-state index in [2.05, 4.69) is 85.7 Å². The average Bonchev–Trinajstić information content (AvgIpc) is 3.60. The third-order valence-corrected chi connectivity index (χ3v) is 24.3. The van der Waals surface area contributed by atoms with Crippen molar-refractivity contribution in [1.29, 1.82) is 0 Å². The van der Waals surface area contributed by atoms with Crippen molar-refractivity contribution in [2.45, 2.75) is 134 Å². The smallest absolute Gasteiger partial charge is 0.413 e. The lowest BCUT2D eigenvalue weighted by atomic mass is 9.80. The molecule has 0 radical (unpaired) electrons. The number of carbonyl (C=O) groups is 1. The summed E-state index contributed by atoms with van der Waals surface area (Å²) in [7, 11) is -1.65. The van der Waals surface area contributed by atoms with Crippen LogP contribution in [0.3, 0.4) is 0 Å². The topological polar surface area (TPSA) is 149 Å². The molecule has 366 valence electrons. The molecule has 2 heterocycles. The van der Waals surface area contributed by atoms with Gasteiger partial charge in [-0.25, -0.2) is 9.59 Å². The third-order valence-electron chi connectivity index (χ3n) is 13.8. The van der Waals surface area contributed by atoms with Crippen LogP contribution in [-0.2, 0) is 30.8 Å². The first-order valence-electron chi connectivity index (χ1n) is 23.5. The van der Waals surface area contributed by atoms with Gasteiger partial charge >= 0.3 is 11.8 Å². The van der Waals surface area contributed by atoms with Gasteiger partial charge in [-0.3, -0.25) is 9.88 Å². The number of nitrogens with one attached hydrogen (secondary N) is 1. The number of carbonyl (C=O) groups excluding carboxylic acids is 1. The quantitative estimate of drug-likeness (QED) is 0.0602. The summed E-state index contributed by atoms with van der Waals surface area (Å²) in [5.74, 6) is 2.05.